The lowest BCUT2D eigenvalue weighted by molar-refractivity contribution is -0.274. The quantitative estimate of drug-likeness (QED) is 0.203. The highest BCUT2D eigenvalue weighted by Gasteiger charge is 2.31. The van der Waals surface area contributed by atoms with E-state index in [0.717, 1.165) is 24.9 Å². The molecule has 1 aliphatic rings. The van der Waals surface area contributed by atoms with Crippen LogP contribution in [0.1, 0.15) is 24.8 Å². The molecule has 1 fully saturated rings. The third-order valence-electron chi connectivity index (χ3n) is 5.86. The Balaban J connectivity index is 0.000000528. The molecular formula is C25H31F3N4O10. The fourth-order valence-electron chi connectivity index (χ4n) is 3.91. The molecule has 0 spiro atoms. The molecule has 232 valence electrons. The molecule has 1 aromatic carbocycles. The van der Waals surface area contributed by atoms with Crippen molar-refractivity contribution in [2.45, 2.75) is 44.3 Å². The number of nitrogens with one attached hydrogen (secondary N) is 1. The normalized spacial score (nSPS) is 16.3. The van der Waals surface area contributed by atoms with Crippen molar-refractivity contribution in [3.05, 3.63) is 35.9 Å². The summed E-state index contributed by atoms with van der Waals surface area (Å²) in [7, 11) is 1.47. The van der Waals surface area contributed by atoms with Crippen molar-refractivity contribution >= 4 is 29.5 Å². The highest BCUT2D eigenvalue weighted by molar-refractivity contribution is 5.83. The van der Waals surface area contributed by atoms with Crippen molar-refractivity contribution in [2.75, 3.05) is 37.0 Å². The zero-order chi connectivity index (χ0) is 31.4. The van der Waals surface area contributed by atoms with Crippen LogP contribution < -0.4 is 19.7 Å². The molecule has 0 aliphatic carbocycles. The van der Waals surface area contributed by atoms with Crippen LogP contribution in [0.15, 0.2) is 30.3 Å². The van der Waals surface area contributed by atoms with E-state index >= 15 is 0 Å². The van der Waals surface area contributed by atoms with Crippen molar-refractivity contribution in [1.29, 1.82) is 0 Å². The number of aliphatic hydroxyl groups excluding tert-OH is 2. The van der Waals surface area contributed by atoms with Gasteiger partial charge in [-0.2, -0.15) is 9.97 Å². The van der Waals surface area contributed by atoms with Gasteiger partial charge in [0.05, 0.1) is 7.11 Å². The maximum Gasteiger partial charge on any atom is 0.573 e. The highest BCUT2D eigenvalue weighted by atomic mass is 19.4. The number of hydrogen-bond acceptors (Lipinski definition) is 11. The zero-order valence-corrected chi connectivity index (χ0v) is 22.3. The predicted octanol–water partition coefficient (Wildman–Crippen LogP) is 1.61. The number of piperidine rings is 1. The van der Waals surface area contributed by atoms with Crippen LogP contribution in [-0.4, -0.2) is 98.7 Å². The first-order valence-electron chi connectivity index (χ1n) is 12.5. The van der Waals surface area contributed by atoms with E-state index in [4.69, 9.17) is 30.3 Å². The molecule has 3 rings (SSSR count). The molecule has 0 radical (unpaired) electrons. The number of halogens is 3. The molecule has 1 aliphatic heterocycles. The minimum absolute atomic E-state index is 0.0583. The van der Waals surface area contributed by atoms with E-state index in [1.807, 2.05) is 4.90 Å². The standard InChI is InChI=1S/C21H25F3N4O4.C4H6O6/c1-31-20-26-17(12-18(27-20)28-10-2-3-15(13-28)11-19(29)30)25-9-8-14-4-6-16(7-5-14)32-21(22,23)24;5-1(3(7)8)2(6)4(9)10/h4-7,12,15H,2-3,8-11,13H2,1H3,(H,29,30)(H,25,26,27);1-2,5-6H,(H,7,8)(H,9,10). The van der Waals surface area contributed by atoms with Crippen LogP contribution in [-0.2, 0) is 20.8 Å². The number of aliphatic carboxylic acids is 3. The van der Waals surface area contributed by atoms with Crippen LogP contribution in [0, 0.1) is 5.92 Å². The summed E-state index contributed by atoms with van der Waals surface area (Å²) in [5, 5.41) is 44.8. The van der Waals surface area contributed by atoms with Crippen molar-refractivity contribution in [2.24, 2.45) is 5.92 Å². The molecule has 2 aromatic rings. The molecule has 42 heavy (non-hydrogen) atoms. The second-order valence-electron chi connectivity index (χ2n) is 9.08. The molecule has 1 aromatic heterocycles. The SMILES string of the molecule is COc1nc(NCCc2ccc(OC(F)(F)F)cc2)cc(N2CCCC(CC(=O)O)C2)n1.O=C(O)C(O)C(O)C(=O)O. The van der Waals surface area contributed by atoms with Crippen LogP contribution in [0.5, 0.6) is 11.8 Å². The highest BCUT2D eigenvalue weighted by Crippen LogP contribution is 2.27. The fraction of sp³-hybridized carbons (Fsp3) is 0.480. The average Bonchev–Trinajstić information content (AvgIpc) is 2.92. The summed E-state index contributed by atoms with van der Waals surface area (Å²) in [4.78, 5) is 41.3. The van der Waals surface area contributed by atoms with Gasteiger partial charge in [0.15, 0.2) is 12.2 Å². The summed E-state index contributed by atoms with van der Waals surface area (Å²) in [6, 6.07) is 7.68. The van der Waals surface area contributed by atoms with E-state index < -0.39 is 36.5 Å². The number of carboxylic acids is 3. The van der Waals surface area contributed by atoms with E-state index in [0.29, 0.717) is 31.1 Å². The lowest BCUT2D eigenvalue weighted by atomic mass is 9.95. The second-order valence-corrected chi connectivity index (χ2v) is 9.08. The number of carboxylic acid groups (broad SMARTS) is 3. The van der Waals surface area contributed by atoms with Crippen LogP contribution in [0.3, 0.4) is 0 Å². The van der Waals surface area contributed by atoms with Gasteiger partial charge in [-0.25, -0.2) is 9.59 Å². The van der Waals surface area contributed by atoms with Gasteiger partial charge in [-0.15, -0.1) is 13.2 Å². The van der Waals surface area contributed by atoms with Crippen molar-refractivity contribution in [3.63, 3.8) is 0 Å². The summed E-state index contributed by atoms with van der Waals surface area (Å²) in [5.41, 5.74) is 0.834. The average molecular weight is 605 g/mol. The topological polar surface area (TPSA) is 212 Å². The molecule has 0 saturated carbocycles. The number of anilines is 2. The van der Waals surface area contributed by atoms with Gasteiger partial charge < -0.3 is 45.2 Å². The number of methoxy groups -OCH3 is 1. The lowest BCUT2D eigenvalue weighted by Gasteiger charge is -2.33. The Morgan fingerprint density at radius 2 is 1.69 bits per heavy atom. The Kier molecular flexibility index (Phi) is 12.5. The summed E-state index contributed by atoms with van der Waals surface area (Å²) in [5.74, 6) is -3.35. The summed E-state index contributed by atoms with van der Waals surface area (Å²) < 4.78 is 45.8. The minimum atomic E-state index is -4.71. The molecule has 3 unspecified atom stereocenters. The first kappa shape index (κ1) is 33.8. The molecule has 0 amide bonds. The Labute approximate surface area is 237 Å². The Hall–Kier alpha value is -4.38. The van der Waals surface area contributed by atoms with Crippen LogP contribution in [0.4, 0.5) is 24.8 Å². The second kappa shape index (κ2) is 15.6. The van der Waals surface area contributed by atoms with Gasteiger partial charge >= 0.3 is 30.3 Å². The monoisotopic (exact) mass is 604 g/mol. The van der Waals surface area contributed by atoms with E-state index in [1.165, 1.54) is 19.2 Å². The molecule has 1 saturated heterocycles. The first-order chi connectivity index (χ1) is 19.7. The summed E-state index contributed by atoms with van der Waals surface area (Å²) in [6.45, 7) is 1.85. The number of hydrogen-bond donors (Lipinski definition) is 6. The maximum atomic E-state index is 12.3. The maximum absolute atomic E-state index is 12.3. The molecule has 0 bridgehead atoms. The van der Waals surface area contributed by atoms with Gasteiger partial charge in [0.1, 0.15) is 17.4 Å². The van der Waals surface area contributed by atoms with E-state index in [-0.39, 0.29) is 24.1 Å². The lowest BCUT2D eigenvalue weighted by Crippen LogP contribution is -2.39. The van der Waals surface area contributed by atoms with Crippen molar-refractivity contribution in [3.8, 4) is 11.8 Å². The third kappa shape index (κ3) is 11.6. The van der Waals surface area contributed by atoms with E-state index in [1.54, 1.807) is 18.2 Å². The smallest absolute Gasteiger partial charge is 0.481 e. The molecule has 14 nitrogen and oxygen atoms in total. The van der Waals surface area contributed by atoms with Gasteiger partial charge in [0.2, 0.25) is 0 Å². The first-order valence-corrected chi connectivity index (χ1v) is 12.5. The van der Waals surface area contributed by atoms with E-state index in [9.17, 15) is 27.6 Å². The number of nitrogens with zero attached hydrogens (tertiary/aromatic N) is 3. The van der Waals surface area contributed by atoms with Gasteiger partial charge in [-0.1, -0.05) is 12.1 Å². The number of carbonyl (C=O) groups is 3. The van der Waals surface area contributed by atoms with Crippen molar-refractivity contribution in [1.82, 2.24) is 9.97 Å². The number of ether oxygens (including phenoxy) is 2. The largest absolute Gasteiger partial charge is 0.573 e. The number of aromatic nitrogens is 2. The van der Waals surface area contributed by atoms with Crippen LogP contribution in [0.2, 0.25) is 0 Å². The Morgan fingerprint density at radius 1 is 1.07 bits per heavy atom. The Morgan fingerprint density at radius 3 is 2.21 bits per heavy atom. The minimum Gasteiger partial charge on any atom is -0.481 e. The summed E-state index contributed by atoms with van der Waals surface area (Å²) in [6.07, 6.45) is -6.83. The van der Waals surface area contributed by atoms with Gasteiger partial charge in [0.25, 0.3) is 0 Å². The van der Waals surface area contributed by atoms with Crippen molar-refractivity contribution < 1.29 is 62.6 Å². The Bertz CT molecular complexity index is 1180. The molecule has 17 heteroatoms. The number of alkyl halides is 3. The molecule has 2 heterocycles. The summed E-state index contributed by atoms with van der Waals surface area (Å²) >= 11 is 0. The van der Waals surface area contributed by atoms with Crippen LogP contribution >= 0.6 is 0 Å². The zero-order valence-electron chi connectivity index (χ0n) is 22.3. The number of benzene rings is 1. The number of aliphatic hydroxyl groups is 2. The molecule has 6 N–H and O–H groups in total. The van der Waals surface area contributed by atoms with Gasteiger partial charge in [-0.05, 0) is 42.9 Å². The predicted molar refractivity (Wildman–Crippen MR) is 138 cm³/mol. The molecule has 3 atom stereocenters. The van der Waals surface area contributed by atoms with Gasteiger partial charge in [0, 0.05) is 32.1 Å². The van der Waals surface area contributed by atoms with Crippen LogP contribution in [0.25, 0.3) is 0 Å². The van der Waals surface area contributed by atoms with E-state index in [2.05, 4.69) is 20.0 Å². The number of rotatable bonds is 12. The van der Waals surface area contributed by atoms with Gasteiger partial charge in [-0.3, -0.25) is 4.79 Å². The molecular weight excluding hydrogens is 573 g/mol. The third-order valence-corrected chi connectivity index (χ3v) is 5.86. The fourth-order valence-corrected chi connectivity index (χ4v) is 3.91.